The van der Waals surface area contributed by atoms with Gasteiger partial charge in [0, 0.05) is 6.54 Å². The first-order valence-electron chi connectivity index (χ1n) is 11.0. The standard InChI is InChI=1S/C27H30N2O5/c1-18-9-5-8-12-23(18)34-19(2)26(30)29-22-11-7-6-10-21(22)27(31)28-16-15-20-13-14-24(32-3)25(17-20)33-4/h5-14,17,19H,15-16H2,1-4H3,(H,28,31)(H,29,30)/t19-/m0/s1. The summed E-state index contributed by atoms with van der Waals surface area (Å²) in [6.07, 6.45) is -0.121. The molecule has 0 fully saturated rings. The van der Waals surface area contributed by atoms with Crippen molar-refractivity contribution in [1.82, 2.24) is 5.32 Å². The molecular weight excluding hydrogens is 432 g/mol. The predicted molar refractivity (Wildman–Crippen MR) is 132 cm³/mol. The lowest BCUT2D eigenvalue weighted by Crippen LogP contribution is -2.32. The zero-order valence-corrected chi connectivity index (χ0v) is 19.9. The van der Waals surface area contributed by atoms with Gasteiger partial charge in [-0.1, -0.05) is 36.4 Å². The summed E-state index contributed by atoms with van der Waals surface area (Å²) in [6.45, 7) is 4.01. The molecule has 0 aromatic heterocycles. The molecule has 2 N–H and O–H groups in total. The zero-order chi connectivity index (χ0) is 24.5. The van der Waals surface area contributed by atoms with Gasteiger partial charge in [0.25, 0.3) is 11.8 Å². The Morgan fingerprint density at radius 3 is 2.32 bits per heavy atom. The van der Waals surface area contributed by atoms with Crippen molar-refractivity contribution >= 4 is 17.5 Å². The number of aryl methyl sites for hydroxylation is 1. The first-order valence-corrected chi connectivity index (χ1v) is 11.0. The summed E-state index contributed by atoms with van der Waals surface area (Å²) in [7, 11) is 3.17. The first-order chi connectivity index (χ1) is 16.4. The molecule has 178 valence electrons. The normalized spacial score (nSPS) is 11.3. The molecule has 0 radical (unpaired) electrons. The highest BCUT2D eigenvalue weighted by Gasteiger charge is 2.19. The van der Waals surface area contributed by atoms with E-state index in [2.05, 4.69) is 10.6 Å². The summed E-state index contributed by atoms with van der Waals surface area (Å²) in [4.78, 5) is 25.6. The molecule has 0 spiro atoms. The highest BCUT2D eigenvalue weighted by molar-refractivity contribution is 6.04. The predicted octanol–water partition coefficient (Wildman–Crippen LogP) is 4.39. The average Bonchev–Trinajstić information content (AvgIpc) is 2.85. The number of carbonyl (C=O) groups excluding carboxylic acids is 2. The van der Waals surface area contributed by atoms with Crippen molar-refractivity contribution in [2.75, 3.05) is 26.1 Å². The number of para-hydroxylation sites is 2. The Morgan fingerprint density at radius 2 is 1.59 bits per heavy atom. The van der Waals surface area contributed by atoms with Crippen molar-refractivity contribution < 1.29 is 23.8 Å². The minimum absolute atomic E-state index is 0.274. The molecule has 0 unspecified atom stereocenters. The van der Waals surface area contributed by atoms with Crippen LogP contribution in [0, 0.1) is 6.92 Å². The van der Waals surface area contributed by atoms with Crippen LogP contribution in [0.5, 0.6) is 17.2 Å². The topological polar surface area (TPSA) is 85.9 Å². The van der Waals surface area contributed by atoms with Gasteiger partial charge in [0.05, 0.1) is 25.5 Å². The van der Waals surface area contributed by atoms with Crippen LogP contribution < -0.4 is 24.8 Å². The lowest BCUT2D eigenvalue weighted by atomic mass is 10.1. The van der Waals surface area contributed by atoms with Crippen LogP contribution >= 0.6 is 0 Å². The number of amides is 2. The van der Waals surface area contributed by atoms with Crippen molar-refractivity contribution in [3.05, 3.63) is 83.4 Å². The molecular formula is C27H30N2O5. The fraction of sp³-hybridized carbons (Fsp3) is 0.259. The minimum Gasteiger partial charge on any atom is -0.493 e. The number of anilines is 1. The maximum atomic E-state index is 12.8. The van der Waals surface area contributed by atoms with Crippen LogP contribution in [-0.4, -0.2) is 38.7 Å². The van der Waals surface area contributed by atoms with Gasteiger partial charge in [-0.25, -0.2) is 0 Å². The zero-order valence-electron chi connectivity index (χ0n) is 19.9. The second-order valence-electron chi connectivity index (χ2n) is 7.76. The Balaban J connectivity index is 1.60. The Hall–Kier alpha value is -4.00. The van der Waals surface area contributed by atoms with Gasteiger partial charge in [0.15, 0.2) is 17.6 Å². The summed E-state index contributed by atoms with van der Waals surface area (Å²) < 4.78 is 16.4. The Morgan fingerprint density at radius 1 is 0.882 bits per heavy atom. The van der Waals surface area contributed by atoms with Gasteiger partial charge in [-0.3, -0.25) is 9.59 Å². The molecule has 2 amide bonds. The molecule has 0 aliphatic carbocycles. The monoisotopic (exact) mass is 462 g/mol. The quantitative estimate of drug-likeness (QED) is 0.467. The molecule has 0 saturated heterocycles. The lowest BCUT2D eigenvalue weighted by Gasteiger charge is -2.17. The Labute approximate surface area is 200 Å². The Kier molecular flexibility index (Phi) is 8.51. The van der Waals surface area contributed by atoms with Crippen LogP contribution in [0.4, 0.5) is 5.69 Å². The highest BCUT2D eigenvalue weighted by atomic mass is 16.5. The van der Waals surface area contributed by atoms with Crippen LogP contribution in [0.15, 0.2) is 66.7 Å². The fourth-order valence-corrected chi connectivity index (χ4v) is 3.41. The molecule has 3 aromatic rings. The number of benzene rings is 3. The molecule has 0 saturated carbocycles. The van der Waals surface area contributed by atoms with Gasteiger partial charge in [0.2, 0.25) is 0 Å². The molecule has 7 heteroatoms. The summed E-state index contributed by atoms with van der Waals surface area (Å²) in [5, 5.41) is 5.72. The van der Waals surface area contributed by atoms with Gasteiger partial charge in [-0.2, -0.15) is 0 Å². The molecule has 3 rings (SSSR count). The van der Waals surface area contributed by atoms with E-state index in [1.165, 1.54) is 0 Å². The van der Waals surface area contributed by atoms with E-state index in [4.69, 9.17) is 14.2 Å². The van der Waals surface area contributed by atoms with Crippen LogP contribution in [0.2, 0.25) is 0 Å². The number of nitrogens with one attached hydrogen (secondary N) is 2. The van der Waals surface area contributed by atoms with Gasteiger partial charge in [0.1, 0.15) is 5.75 Å². The highest BCUT2D eigenvalue weighted by Crippen LogP contribution is 2.27. The molecule has 0 aliphatic heterocycles. The van der Waals surface area contributed by atoms with E-state index in [0.29, 0.717) is 41.5 Å². The number of rotatable bonds is 10. The van der Waals surface area contributed by atoms with Crippen LogP contribution in [0.1, 0.15) is 28.4 Å². The molecule has 1 atom stereocenters. The van der Waals surface area contributed by atoms with E-state index < -0.39 is 6.10 Å². The maximum Gasteiger partial charge on any atom is 0.265 e. The number of hydrogen-bond donors (Lipinski definition) is 2. The van der Waals surface area contributed by atoms with E-state index in [-0.39, 0.29) is 11.8 Å². The van der Waals surface area contributed by atoms with Crippen LogP contribution in [-0.2, 0) is 11.2 Å². The third-order valence-electron chi connectivity index (χ3n) is 5.34. The molecule has 0 bridgehead atoms. The van der Waals surface area contributed by atoms with E-state index in [1.54, 1.807) is 45.4 Å². The van der Waals surface area contributed by atoms with Gasteiger partial charge < -0.3 is 24.8 Å². The van der Waals surface area contributed by atoms with E-state index in [9.17, 15) is 9.59 Å². The van der Waals surface area contributed by atoms with Gasteiger partial charge in [-0.05, 0) is 61.7 Å². The van der Waals surface area contributed by atoms with E-state index >= 15 is 0 Å². The van der Waals surface area contributed by atoms with Crippen molar-refractivity contribution in [3.8, 4) is 17.2 Å². The smallest absolute Gasteiger partial charge is 0.265 e. The first kappa shape index (κ1) is 24.6. The van der Waals surface area contributed by atoms with Crippen molar-refractivity contribution in [3.63, 3.8) is 0 Å². The van der Waals surface area contributed by atoms with Crippen LogP contribution in [0.3, 0.4) is 0 Å². The number of carbonyl (C=O) groups is 2. The summed E-state index contributed by atoms with van der Waals surface area (Å²) >= 11 is 0. The second-order valence-corrected chi connectivity index (χ2v) is 7.76. The number of ether oxygens (including phenoxy) is 3. The largest absolute Gasteiger partial charge is 0.493 e. The summed E-state index contributed by atoms with van der Waals surface area (Å²) in [6, 6.07) is 20.0. The average molecular weight is 463 g/mol. The van der Waals surface area contributed by atoms with Crippen LogP contribution in [0.25, 0.3) is 0 Å². The molecule has 7 nitrogen and oxygen atoms in total. The van der Waals surface area contributed by atoms with Gasteiger partial charge >= 0.3 is 0 Å². The Bertz CT molecular complexity index is 1150. The second kappa shape index (κ2) is 11.7. The maximum absolute atomic E-state index is 12.8. The van der Waals surface area contributed by atoms with Crippen molar-refractivity contribution in [2.45, 2.75) is 26.4 Å². The lowest BCUT2D eigenvalue weighted by molar-refractivity contribution is -0.122. The van der Waals surface area contributed by atoms with E-state index in [0.717, 1.165) is 11.1 Å². The summed E-state index contributed by atoms with van der Waals surface area (Å²) in [5.41, 5.74) is 2.75. The van der Waals surface area contributed by atoms with Crippen molar-refractivity contribution in [2.24, 2.45) is 0 Å². The summed E-state index contributed by atoms with van der Waals surface area (Å²) in [5.74, 6) is 1.33. The fourth-order valence-electron chi connectivity index (χ4n) is 3.41. The third kappa shape index (κ3) is 6.28. The van der Waals surface area contributed by atoms with E-state index in [1.807, 2.05) is 49.4 Å². The number of methoxy groups -OCH3 is 2. The minimum atomic E-state index is -0.734. The number of hydrogen-bond acceptors (Lipinski definition) is 5. The van der Waals surface area contributed by atoms with Gasteiger partial charge in [-0.15, -0.1) is 0 Å². The van der Waals surface area contributed by atoms with Crippen molar-refractivity contribution in [1.29, 1.82) is 0 Å². The molecule has 0 aliphatic rings. The molecule has 3 aromatic carbocycles. The third-order valence-corrected chi connectivity index (χ3v) is 5.34. The molecule has 34 heavy (non-hydrogen) atoms. The SMILES string of the molecule is COc1ccc(CCNC(=O)c2ccccc2NC(=O)[C@H](C)Oc2ccccc2C)cc1OC. The molecule has 0 heterocycles.